The maximum atomic E-state index is 13.1. The van der Waals surface area contributed by atoms with E-state index < -0.39 is 0 Å². The van der Waals surface area contributed by atoms with E-state index in [1.165, 1.54) is 12.3 Å². The third-order valence-electron chi connectivity index (χ3n) is 2.53. The highest BCUT2D eigenvalue weighted by Gasteiger charge is 2.11. The van der Waals surface area contributed by atoms with Gasteiger partial charge < -0.3 is 0 Å². The standard InChI is InChI=1S/C12H11FN2O/c1-8-5-9(3-4-11(8)13)12-10(7-16)6-14-15(12)2/h3-7H,1-2H3. The van der Waals surface area contributed by atoms with Crippen molar-refractivity contribution in [1.29, 1.82) is 0 Å². The topological polar surface area (TPSA) is 34.9 Å². The molecule has 1 aromatic carbocycles. The van der Waals surface area contributed by atoms with Crippen LogP contribution in [0.5, 0.6) is 0 Å². The molecule has 1 heterocycles. The van der Waals surface area contributed by atoms with Crippen molar-refractivity contribution < 1.29 is 9.18 Å². The van der Waals surface area contributed by atoms with Gasteiger partial charge in [0.05, 0.1) is 17.5 Å². The summed E-state index contributed by atoms with van der Waals surface area (Å²) in [5.41, 5.74) is 2.56. The molecule has 0 atom stereocenters. The summed E-state index contributed by atoms with van der Waals surface area (Å²) in [5, 5.41) is 4.01. The van der Waals surface area contributed by atoms with Crippen molar-refractivity contribution in [1.82, 2.24) is 9.78 Å². The number of benzene rings is 1. The lowest BCUT2D eigenvalue weighted by atomic mass is 10.1. The molecule has 0 amide bonds. The van der Waals surface area contributed by atoms with Crippen molar-refractivity contribution >= 4 is 6.29 Å². The maximum absolute atomic E-state index is 13.1. The minimum atomic E-state index is -0.251. The highest BCUT2D eigenvalue weighted by atomic mass is 19.1. The van der Waals surface area contributed by atoms with Crippen molar-refractivity contribution in [2.75, 3.05) is 0 Å². The average molecular weight is 218 g/mol. The number of nitrogens with zero attached hydrogens (tertiary/aromatic N) is 2. The second-order valence-electron chi connectivity index (χ2n) is 3.65. The zero-order valence-electron chi connectivity index (χ0n) is 9.07. The monoisotopic (exact) mass is 218 g/mol. The Morgan fingerprint density at radius 2 is 2.19 bits per heavy atom. The van der Waals surface area contributed by atoms with Crippen LogP contribution in [0, 0.1) is 12.7 Å². The third kappa shape index (κ3) is 1.62. The molecular formula is C12H11FN2O. The maximum Gasteiger partial charge on any atom is 0.153 e. The second-order valence-corrected chi connectivity index (χ2v) is 3.65. The van der Waals surface area contributed by atoms with Gasteiger partial charge in [-0.2, -0.15) is 5.10 Å². The lowest BCUT2D eigenvalue weighted by Gasteiger charge is -2.05. The van der Waals surface area contributed by atoms with Gasteiger partial charge in [-0.15, -0.1) is 0 Å². The molecule has 2 rings (SSSR count). The summed E-state index contributed by atoms with van der Waals surface area (Å²) < 4.78 is 14.7. The molecule has 0 saturated carbocycles. The fourth-order valence-electron chi connectivity index (χ4n) is 1.69. The molecule has 0 aliphatic heterocycles. The zero-order valence-corrected chi connectivity index (χ0v) is 9.07. The highest BCUT2D eigenvalue weighted by Crippen LogP contribution is 2.23. The molecule has 4 heteroatoms. The number of aryl methyl sites for hydroxylation is 2. The Kier molecular flexibility index (Phi) is 2.56. The highest BCUT2D eigenvalue weighted by molar-refractivity contribution is 5.85. The zero-order chi connectivity index (χ0) is 11.7. The fraction of sp³-hybridized carbons (Fsp3) is 0.167. The summed E-state index contributed by atoms with van der Waals surface area (Å²) >= 11 is 0. The van der Waals surface area contributed by atoms with Gasteiger partial charge in [-0.25, -0.2) is 4.39 Å². The quantitative estimate of drug-likeness (QED) is 0.725. The van der Waals surface area contributed by atoms with E-state index in [0.717, 1.165) is 11.8 Å². The molecule has 0 radical (unpaired) electrons. The van der Waals surface area contributed by atoms with E-state index in [1.807, 2.05) is 0 Å². The number of hydrogen-bond donors (Lipinski definition) is 0. The lowest BCUT2D eigenvalue weighted by molar-refractivity contribution is 0.112. The van der Waals surface area contributed by atoms with Crippen molar-refractivity contribution in [2.24, 2.45) is 7.05 Å². The summed E-state index contributed by atoms with van der Waals surface area (Å²) in [6, 6.07) is 4.75. The van der Waals surface area contributed by atoms with Crippen LogP contribution in [0.15, 0.2) is 24.4 Å². The van der Waals surface area contributed by atoms with Crippen LogP contribution in [0.2, 0.25) is 0 Å². The van der Waals surface area contributed by atoms with Crippen molar-refractivity contribution in [2.45, 2.75) is 6.92 Å². The van der Waals surface area contributed by atoms with Gasteiger partial charge >= 0.3 is 0 Å². The van der Waals surface area contributed by atoms with E-state index in [1.54, 1.807) is 30.8 Å². The number of aromatic nitrogens is 2. The summed E-state index contributed by atoms with van der Waals surface area (Å²) in [6.07, 6.45) is 2.25. The van der Waals surface area contributed by atoms with Gasteiger partial charge in [-0.3, -0.25) is 9.48 Å². The van der Waals surface area contributed by atoms with Crippen molar-refractivity contribution in [3.8, 4) is 11.3 Å². The van der Waals surface area contributed by atoms with E-state index in [-0.39, 0.29) is 5.82 Å². The Labute approximate surface area is 92.5 Å². The smallest absolute Gasteiger partial charge is 0.153 e. The van der Waals surface area contributed by atoms with Gasteiger partial charge in [0.2, 0.25) is 0 Å². The Balaban J connectivity index is 2.62. The van der Waals surface area contributed by atoms with E-state index in [2.05, 4.69) is 5.10 Å². The van der Waals surface area contributed by atoms with Gasteiger partial charge in [0.25, 0.3) is 0 Å². The summed E-state index contributed by atoms with van der Waals surface area (Å²) in [7, 11) is 1.75. The number of rotatable bonds is 2. The summed E-state index contributed by atoms with van der Waals surface area (Å²) in [6.45, 7) is 1.69. The van der Waals surface area contributed by atoms with Gasteiger partial charge in [0.1, 0.15) is 5.82 Å². The lowest BCUT2D eigenvalue weighted by Crippen LogP contribution is -1.96. The molecule has 1 aromatic heterocycles. The summed E-state index contributed by atoms with van der Waals surface area (Å²) in [5.74, 6) is -0.251. The van der Waals surface area contributed by atoms with Crippen molar-refractivity contribution in [3.63, 3.8) is 0 Å². The number of carbonyl (C=O) groups is 1. The van der Waals surface area contributed by atoms with Gasteiger partial charge in [0.15, 0.2) is 6.29 Å². The Hall–Kier alpha value is -1.97. The largest absolute Gasteiger partial charge is 0.298 e. The predicted octanol–water partition coefficient (Wildman–Crippen LogP) is 2.35. The van der Waals surface area contributed by atoms with E-state index in [9.17, 15) is 9.18 Å². The SMILES string of the molecule is Cc1cc(-c2c(C=O)cnn2C)ccc1F. The van der Waals surface area contributed by atoms with E-state index in [0.29, 0.717) is 16.8 Å². The van der Waals surface area contributed by atoms with E-state index >= 15 is 0 Å². The molecule has 0 saturated heterocycles. The molecule has 0 aliphatic carbocycles. The molecule has 0 fully saturated rings. The first-order chi connectivity index (χ1) is 7.63. The molecule has 0 unspecified atom stereocenters. The molecule has 0 aliphatic rings. The van der Waals surface area contributed by atoms with Crippen LogP contribution in [-0.4, -0.2) is 16.1 Å². The molecule has 0 N–H and O–H groups in total. The average Bonchev–Trinajstić information content (AvgIpc) is 2.64. The molecule has 3 nitrogen and oxygen atoms in total. The summed E-state index contributed by atoms with van der Waals surface area (Å²) in [4.78, 5) is 10.8. The Morgan fingerprint density at radius 1 is 1.44 bits per heavy atom. The number of halogens is 1. The van der Waals surface area contributed by atoms with Crippen molar-refractivity contribution in [3.05, 3.63) is 41.3 Å². The van der Waals surface area contributed by atoms with Crippen LogP contribution < -0.4 is 0 Å². The van der Waals surface area contributed by atoms with Gasteiger partial charge in [0, 0.05) is 12.6 Å². The minimum absolute atomic E-state index is 0.251. The third-order valence-corrected chi connectivity index (χ3v) is 2.53. The predicted molar refractivity (Wildman–Crippen MR) is 58.7 cm³/mol. The molecule has 0 bridgehead atoms. The number of carbonyl (C=O) groups excluding carboxylic acids is 1. The van der Waals surface area contributed by atoms with Crippen LogP contribution in [0.4, 0.5) is 4.39 Å². The van der Waals surface area contributed by atoms with Crippen LogP contribution in [0.1, 0.15) is 15.9 Å². The number of hydrogen-bond acceptors (Lipinski definition) is 2. The van der Waals surface area contributed by atoms with Gasteiger partial charge in [-0.05, 0) is 30.7 Å². The van der Waals surface area contributed by atoms with E-state index in [4.69, 9.17) is 0 Å². The first kappa shape index (κ1) is 10.5. The molecule has 2 aromatic rings. The second kappa shape index (κ2) is 3.89. The first-order valence-electron chi connectivity index (χ1n) is 4.87. The normalized spacial score (nSPS) is 10.4. The molecule has 82 valence electrons. The fourth-order valence-corrected chi connectivity index (χ4v) is 1.69. The molecular weight excluding hydrogens is 207 g/mol. The molecule has 16 heavy (non-hydrogen) atoms. The Morgan fingerprint density at radius 3 is 2.81 bits per heavy atom. The van der Waals surface area contributed by atoms with Crippen LogP contribution in [0.3, 0.4) is 0 Å². The van der Waals surface area contributed by atoms with Gasteiger partial charge in [-0.1, -0.05) is 0 Å². The minimum Gasteiger partial charge on any atom is -0.298 e. The number of aldehydes is 1. The van der Waals surface area contributed by atoms with Crippen LogP contribution >= 0.6 is 0 Å². The van der Waals surface area contributed by atoms with Crippen LogP contribution in [-0.2, 0) is 7.05 Å². The molecule has 0 spiro atoms. The first-order valence-corrected chi connectivity index (χ1v) is 4.87. The Bertz CT molecular complexity index is 546. The van der Waals surface area contributed by atoms with Crippen LogP contribution in [0.25, 0.3) is 11.3 Å².